The molecule has 1 aromatic heterocycles. The summed E-state index contributed by atoms with van der Waals surface area (Å²) in [4.78, 5) is 2.40. The minimum Gasteiger partial charge on any atom is -0.494 e. The Bertz CT molecular complexity index is 739. The largest absolute Gasteiger partial charge is 0.494 e. The highest BCUT2D eigenvalue weighted by Crippen LogP contribution is 2.21. The van der Waals surface area contributed by atoms with Gasteiger partial charge in [-0.05, 0) is 31.2 Å². The second kappa shape index (κ2) is 7.24. The summed E-state index contributed by atoms with van der Waals surface area (Å²) in [6.45, 7) is 5.14. The molecule has 1 fully saturated rings. The van der Waals surface area contributed by atoms with Crippen molar-refractivity contribution in [3.05, 3.63) is 30.1 Å². The smallest absolute Gasteiger partial charge is 0.243 e. The van der Waals surface area contributed by atoms with E-state index in [2.05, 4.69) is 25.5 Å². The monoisotopic (exact) mass is 352 g/mol. The van der Waals surface area contributed by atoms with Gasteiger partial charge in [-0.15, -0.1) is 10.2 Å². The second-order valence-corrected chi connectivity index (χ2v) is 7.35. The number of piperazine rings is 1. The van der Waals surface area contributed by atoms with Gasteiger partial charge in [0.05, 0.1) is 18.0 Å². The Morgan fingerprint density at radius 3 is 2.46 bits per heavy atom. The Hall–Kier alpha value is -2.04. The normalized spacial score (nSPS) is 17.0. The number of nitrogens with one attached hydrogen (secondary N) is 1. The molecule has 0 saturated carbocycles. The number of rotatable bonds is 6. The molecular weight excluding hydrogens is 332 g/mol. The van der Waals surface area contributed by atoms with Crippen LogP contribution in [0, 0.1) is 0 Å². The van der Waals surface area contributed by atoms with Crippen LogP contribution in [0.25, 0.3) is 0 Å². The Morgan fingerprint density at radius 1 is 1.17 bits per heavy atom. The van der Waals surface area contributed by atoms with Crippen LogP contribution in [-0.4, -0.2) is 71.0 Å². The lowest BCUT2D eigenvalue weighted by Gasteiger charge is -2.33. The summed E-state index contributed by atoms with van der Waals surface area (Å²) < 4.78 is 32.3. The van der Waals surface area contributed by atoms with Gasteiger partial charge in [-0.25, -0.2) is 8.42 Å². The Morgan fingerprint density at radius 2 is 1.88 bits per heavy atom. The van der Waals surface area contributed by atoms with Gasteiger partial charge in [0.15, 0.2) is 5.82 Å². The zero-order valence-corrected chi connectivity index (χ0v) is 14.2. The average Bonchev–Trinajstić information content (AvgIpc) is 3.09. The van der Waals surface area contributed by atoms with Crippen molar-refractivity contribution in [2.75, 3.05) is 32.8 Å². The highest BCUT2D eigenvalue weighted by Gasteiger charge is 2.28. The zero-order valence-electron chi connectivity index (χ0n) is 13.4. The minimum atomic E-state index is -3.48. The summed E-state index contributed by atoms with van der Waals surface area (Å²) in [6, 6.07) is 6.55. The molecule has 2 heterocycles. The zero-order chi connectivity index (χ0) is 17.0. The third kappa shape index (κ3) is 3.71. The predicted molar refractivity (Wildman–Crippen MR) is 85.8 cm³/mol. The summed E-state index contributed by atoms with van der Waals surface area (Å²) >= 11 is 0. The lowest BCUT2D eigenvalue weighted by Crippen LogP contribution is -2.48. The SMILES string of the molecule is CCOc1ccc(S(=O)(=O)N2CCN(Cc3nn[nH]n3)CC2)cc1. The number of aromatic amines is 1. The Labute approximate surface area is 140 Å². The van der Waals surface area contributed by atoms with Gasteiger partial charge in [0.1, 0.15) is 5.75 Å². The molecule has 1 aliphatic heterocycles. The summed E-state index contributed by atoms with van der Waals surface area (Å²) in [6.07, 6.45) is 0. The average molecular weight is 352 g/mol. The molecule has 0 unspecified atom stereocenters. The molecule has 0 aliphatic carbocycles. The number of hydrogen-bond acceptors (Lipinski definition) is 7. The van der Waals surface area contributed by atoms with Gasteiger partial charge in [0, 0.05) is 26.2 Å². The van der Waals surface area contributed by atoms with Crippen LogP contribution in [0.1, 0.15) is 12.7 Å². The molecule has 1 aliphatic rings. The van der Waals surface area contributed by atoms with Crippen LogP contribution in [-0.2, 0) is 16.6 Å². The summed E-state index contributed by atoms with van der Waals surface area (Å²) in [5.41, 5.74) is 0. The van der Waals surface area contributed by atoms with E-state index in [1.165, 1.54) is 4.31 Å². The van der Waals surface area contributed by atoms with Crippen molar-refractivity contribution >= 4 is 10.0 Å². The predicted octanol–water partition coefficient (Wildman–Crippen LogP) is 0.105. The van der Waals surface area contributed by atoms with Crippen molar-refractivity contribution in [2.45, 2.75) is 18.4 Å². The van der Waals surface area contributed by atoms with Crippen LogP contribution in [0.15, 0.2) is 29.2 Å². The summed E-state index contributed by atoms with van der Waals surface area (Å²) in [7, 11) is -3.48. The standard InChI is InChI=1S/C14H20N6O3S/c1-2-23-12-3-5-13(6-4-12)24(21,22)20-9-7-19(8-10-20)11-14-15-17-18-16-14/h3-6H,2,7-11H2,1H3,(H,15,16,17,18). The molecule has 130 valence electrons. The highest BCUT2D eigenvalue weighted by atomic mass is 32.2. The van der Waals surface area contributed by atoms with Gasteiger partial charge in [-0.2, -0.15) is 9.52 Å². The van der Waals surface area contributed by atoms with Gasteiger partial charge in [0.25, 0.3) is 0 Å². The van der Waals surface area contributed by atoms with Crippen molar-refractivity contribution in [3.8, 4) is 5.75 Å². The fourth-order valence-electron chi connectivity index (χ4n) is 2.60. The molecule has 1 aromatic carbocycles. The Kier molecular flexibility index (Phi) is 5.07. The molecule has 0 radical (unpaired) electrons. The maximum atomic E-state index is 12.7. The molecule has 3 rings (SSSR count). The number of ether oxygens (including phenoxy) is 1. The van der Waals surface area contributed by atoms with Gasteiger partial charge in [-0.3, -0.25) is 4.90 Å². The first-order valence-corrected chi connectivity index (χ1v) is 9.21. The number of nitrogens with zero attached hydrogens (tertiary/aromatic N) is 5. The molecule has 9 nitrogen and oxygen atoms in total. The van der Waals surface area contributed by atoms with Crippen LogP contribution in [0.5, 0.6) is 5.75 Å². The maximum Gasteiger partial charge on any atom is 0.243 e. The molecule has 0 amide bonds. The second-order valence-electron chi connectivity index (χ2n) is 5.41. The van der Waals surface area contributed by atoms with Crippen LogP contribution in [0.3, 0.4) is 0 Å². The van der Waals surface area contributed by atoms with E-state index >= 15 is 0 Å². The number of sulfonamides is 1. The molecule has 1 N–H and O–H groups in total. The molecular formula is C14H20N6O3S. The Balaban J connectivity index is 1.61. The van der Waals surface area contributed by atoms with Crippen LogP contribution in [0.4, 0.5) is 0 Å². The molecule has 2 aromatic rings. The van der Waals surface area contributed by atoms with Gasteiger partial charge in [-0.1, -0.05) is 5.21 Å². The summed E-state index contributed by atoms with van der Waals surface area (Å²) in [5, 5.41) is 13.8. The number of tetrazole rings is 1. The first-order chi connectivity index (χ1) is 11.6. The van der Waals surface area contributed by atoms with Crippen molar-refractivity contribution in [1.29, 1.82) is 0 Å². The number of aromatic nitrogens is 4. The van der Waals surface area contributed by atoms with Crippen LogP contribution >= 0.6 is 0 Å². The van der Waals surface area contributed by atoms with E-state index in [1.807, 2.05) is 6.92 Å². The van der Waals surface area contributed by atoms with E-state index in [4.69, 9.17) is 4.74 Å². The number of benzene rings is 1. The fraction of sp³-hybridized carbons (Fsp3) is 0.500. The minimum absolute atomic E-state index is 0.289. The van der Waals surface area contributed by atoms with E-state index in [-0.39, 0.29) is 4.90 Å². The molecule has 0 atom stereocenters. The molecule has 1 saturated heterocycles. The third-order valence-electron chi connectivity index (χ3n) is 3.86. The van der Waals surface area contributed by atoms with E-state index in [0.717, 1.165) is 0 Å². The fourth-order valence-corrected chi connectivity index (χ4v) is 4.02. The highest BCUT2D eigenvalue weighted by molar-refractivity contribution is 7.89. The van der Waals surface area contributed by atoms with Crippen molar-refractivity contribution < 1.29 is 13.2 Å². The third-order valence-corrected chi connectivity index (χ3v) is 5.77. The van der Waals surface area contributed by atoms with Gasteiger partial charge < -0.3 is 4.74 Å². The molecule has 0 spiro atoms. The van der Waals surface area contributed by atoms with Crippen LogP contribution < -0.4 is 4.74 Å². The first-order valence-electron chi connectivity index (χ1n) is 7.77. The van der Waals surface area contributed by atoms with Crippen LogP contribution in [0.2, 0.25) is 0 Å². The van der Waals surface area contributed by atoms with Gasteiger partial charge >= 0.3 is 0 Å². The lowest BCUT2D eigenvalue weighted by molar-refractivity contribution is 0.178. The van der Waals surface area contributed by atoms with E-state index in [0.29, 0.717) is 50.9 Å². The maximum absolute atomic E-state index is 12.7. The molecule has 24 heavy (non-hydrogen) atoms. The molecule has 0 bridgehead atoms. The van der Waals surface area contributed by atoms with E-state index in [1.54, 1.807) is 24.3 Å². The number of H-pyrrole nitrogens is 1. The van der Waals surface area contributed by atoms with Crippen molar-refractivity contribution in [1.82, 2.24) is 29.8 Å². The topological polar surface area (TPSA) is 104 Å². The van der Waals surface area contributed by atoms with Crippen molar-refractivity contribution in [2.24, 2.45) is 0 Å². The van der Waals surface area contributed by atoms with E-state index in [9.17, 15) is 8.42 Å². The number of hydrogen-bond donors (Lipinski definition) is 1. The molecule has 10 heteroatoms. The van der Waals surface area contributed by atoms with Crippen molar-refractivity contribution in [3.63, 3.8) is 0 Å². The summed E-state index contributed by atoms with van der Waals surface area (Å²) in [5.74, 6) is 1.28. The lowest BCUT2D eigenvalue weighted by atomic mass is 10.3. The van der Waals surface area contributed by atoms with E-state index < -0.39 is 10.0 Å². The first kappa shape index (κ1) is 16.8. The van der Waals surface area contributed by atoms with Gasteiger partial charge in [0.2, 0.25) is 10.0 Å². The quantitative estimate of drug-likeness (QED) is 0.786.